The van der Waals surface area contributed by atoms with Gasteiger partial charge in [-0.2, -0.15) is 0 Å². The molecule has 0 aromatic heterocycles. The van der Waals surface area contributed by atoms with Crippen LogP contribution in [0.5, 0.6) is 0 Å². The van der Waals surface area contributed by atoms with Crippen molar-refractivity contribution in [2.24, 2.45) is 0 Å². The van der Waals surface area contributed by atoms with Gasteiger partial charge in [0, 0.05) is 18.8 Å². The first-order valence-electron chi connectivity index (χ1n) is 7.43. The molecule has 108 valence electrons. The van der Waals surface area contributed by atoms with E-state index in [2.05, 4.69) is 30.0 Å². The van der Waals surface area contributed by atoms with Crippen molar-refractivity contribution in [1.82, 2.24) is 0 Å². The number of hydrogen-bond acceptors (Lipinski definition) is 3. The van der Waals surface area contributed by atoms with E-state index in [-0.39, 0.29) is 0 Å². The van der Waals surface area contributed by atoms with E-state index in [0.717, 1.165) is 19.5 Å². The maximum absolute atomic E-state index is 9.14. The van der Waals surface area contributed by atoms with E-state index in [0.29, 0.717) is 5.46 Å². The van der Waals surface area contributed by atoms with Crippen LogP contribution >= 0.6 is 0 Å². The van der Waals surface area contributed by atoms with Gasteiger partial charge in [0.05, 0.1) is 0 Å². The lowest BCUT2D eigenvalue weighted by Gasteiger charge is -2.31. The Morgan fingerprint density at radius 3 is 2.57 bits per heavy atom. The maximum atomic E-state index is 9.14. The van der Waals surface area contributed by atoms with Crippen molar-refractivity contribution >= 4 is 18.3 Å². The molecule has 1 aliphatic rings. The molecule has 0 fully saturated rings. The van der Waals surface area contributed by atoms with Crippen LogP contribution in [0.15, 0.2) is 42.5 Å². The van der Waals surface area contributed by atoms with E-state index in [4.69, 9.17) is 10.0 Å². The summed E-state index contributed by atoms with van der Waals surface area (Å²) in [4.78, 5) is 2.41. The molecular weight excluding hydrogens is 261 g/mol. The van der Waals surface area contributed by atoms with Gasteiger partial charge in [-0.05, 0) is 42.4 Å². The second kappa shape index (κ2) is 5.92. The fourth-order valence-corrected chi connectivity index (χ4v) is 2.98. The fourth-order valence-electron chi connectivity index (χ4n) is 2.98. The number of anilines is 1. The molecule has 0 saturated heterocycles. The third kappa shape index (κ3) is 3.12. The minimum Gasteiger partial charge on any atom is -0.423 e. The average molecular weight is 281 g/mol. The topological polar surface area (TPSA) is 43.7 Å². The monoisotopic (exact) mass is 281 g/mol. The van der Waals surface area contributed by atoms with Gasteiger partial charge in [-0.1, -0.05) is 42.0 Å². The Labute approximate surface area is 126 Å². The Kier molecular flexibility index (Phi) is 4.00. The van der Waals surface area contributed by atoms with Crippen LogP contribution in [-0.2, 0) is 13.0 Å². The summed E-state index contributed by atoms with van der Waals surface area (Å²) in [6.07, 6.45) is 2.34. The molecule has 0 radical (unpaired) electrons. The minimum absolute atomic E-state index is 0.536. The van der Waals surface area contributed by atoms with Crippen LogP contribution in [0.25, 0.3) is 0 Å². The van der Waals surface area contributed by atoms with E-state index < -0.39 is 7.12 Å². The Bertz CT molecular complexity index is 625. The van der Waals surface area contributed by atoms with Crippen molar-refractivity contribution in [3.05, 3.63) is 59.2 Å². The maximum Gasteiger partial charge on any atom is 0.488 e. The van der Waals surface area contributed by atoms with Crippen LogP contribution in [0.3, 0.4) is 0 Å². The molecule has 2 N–H and O–H groups in total. The van der Waals surface area contributed by atoms with Gasteiger partial charge in [-0.15, -0.1) is 0 Å². The van der Waals surface area contributed by atoms with Crippen LogP contribution in [0, 0.1) is 6.92 Å². The Morgan fingerprint density at radius 1 is 1.10 bits per heavy atom. The highest BCUT2D eigenvalue weighted by Crippen LogP contribution is 2.29. The molecule has 21 heavy (non-hydrogen) atoms. The normalized spacial score (nSPS) is 14.0. The minimum atomic E-state index is -1.39. The zero-order chi connectivity index (χ0) is 14.8. The van der Waals surface area contributed by atoms with Gasteiger partial charge in [-0.3, -0.25) is 0 Å². The van der Waals surface area contributed by atoms with Crippen molar-refractivity contribution < 1.29 is 10.0 Å². The van der Waals surface area contributed by atoms with Gasteiger partial charge in [0.15, 0.2) is 0 Å². The van der Waals surface area contributed by atoms with Gasteiger partial charge in [-0.25, -0.2) is 0 Å². The fraction of sp³-hybridized carbons (Fsp3) is 0.294. The zero-order valence-corrected chi connectivity index (χ0v) is 12.3. The molecule has 3 nitrogen and oxygen atoms in total. The summed E-state index contributed by atoms with van der Waals surface area (Å²) < 4.78 is 0. The number of benzene rings is 2. The van der Waals surface area contributed by atoms with Crippen LogP contribution in [0.4, 0.5) is 5.69 Å². The first kappa shape index (κ1) is 14.2. The second-order valence-electron chi connectivity index (χ2n) is 5.77. The highest BCUT2D eigenvalue weighted by atomic mass is 16.4. The standard InChI is InChI=1S/C17H20BNO2/c1-13-4-9-17-15(11-13)3-2-10-19(17)12-14-5-7-16(8-6-14)18(20)21/h4-9,11,20-21H,2-3,10,12H2,1H3. The lowest BCUT2D eigenvalue weighted by molar-refractivity contribution is 0.426. The summed E-state index contributed by atoms with van der Waals surface area (Å²) >= 11 is 0. The summed E-state index contributed by atoms with van der Waals surface area (Å²) in [5.41, 5.74) is 5.81. The predicted octanol–water partition coefficient (Wildman–Crippen LogP) is 1.63. The van der Waals surface area contributed by atoms with Gasteiger partial charge in [0.2, 0.25) is 0 Å². The second-order valence-corrected chi connectivity index (χ2v) is 5.77. The smallest absolute Gasteiger partial charge is 0.423 e. The third-order valence-corrected chi connectivity index (χ3v) is 4.10. The van der Waals surface area contributed by atoms with E-state index in [1.54, 1.807) is 12.1 Å². The van der Waals surface area contributed by atoms with Gasteiger partial charge in [0.1, 0.15) is 0 Å². The molecule has 0 spiro atoms. The average Bonchev–Trinajstić information content (AvgIpc) is 2.47. The van der Waals surface area contributed by atoms with Crippen LogP contribution in [0.1, 0.15) is 23.1 Å². The summed E-state index contributed by atoms with van der Waals surface area (Å²) in [5.74, 6) is 0. The van der Waals surface area contributed by atoms with Gasteiger partial charge < -0.3 is 14.9 Å². The summed E-state index contributed by atoms with van der Waals surface area (Å²) in [6, 6.07) is 14.2. The molecule has 0 bridgehead atoms. The van der Waals surface area contributed by atoms with E-state index in [1.165, 1.54) is 28.8 Å². The summed E-state index contributed by atoms with van der Waals surface area (Å²) in [7, 11) is -1.39. The molecule has 2 aromatic rings. The third-order valence-electron chi connectivity index (χ3n) is 4.10. The van der Waals surface area contributed by atoms with Crippen molar-refractivity contribution in [3.63, 3.8) is 0 Å². The SMILES string of the molecule is Cc1ccc2c(c1)CCCN2Cc1ccc(B(O)O)cc1. The quantitative estimate of drug-likeness (QED) is 0.840. The summed E-state index contributed by atoms with van der Waals surface area (Å²) in [5, 5.41) is 18.3. The first-order valence-corrected chi connectivity index (χ1v) is 7.43. The number of fused-ring (bicyclic) bond motifs is 1. The molecule has 0 atom stereocenters. The Hall–Kier alpha value is -1.78. The van der Waals surface area contributed by atoms with Crippen molar-refractivity contribution in [3.8, 4) is 0 Å². The molecule has 0 saturated carbocycles. The van der Waals surface area contributed by atoms with Crippen molar-refractivity contribution in [2.75, 3.05) is 11.4 Å². The molecule has 4 heteroatoms. The van der Waals surface area contributed by atoms with Crippen LogP contribution in [-0.4, -0.2) is 23.7 Å². The van der Waals surface area contributed by atoms with Crippen LogP contribution in [0.2, 0.25) is 0 Å². The lowest BCUT2D eigenvalue weighted by atomic mass is 9.80. The zero-order valence-electron chi connectivity index (χ0n) is 12.3. The predicted molar refractivity (Wildman–Crippen MR) is 86.8 cm³/mol. The molecule has 1 aliphatic heterocycles. The van der Waals surface area contributed by atoms with Gasteiger partial charge in [0.25, 0.3) is 0 Å². The first-order chi connectivity index (χ1) is 10.1. The van der Waals surface area contributed by atoms with E-state index >= 15 is 0 Å². The van der Waals surface area contributed by atoms with Gasteiger partial charge >= 0.3 is 7.12 Å². The van der Waals surface area contributed by atoms with E-state index in [9.17, 15) is 0 Å². The number of nitrogens with zero attached hydrogens (tertiary/aromatic N) is 1. The molecule has 0 aliphatic carbocycles. The molecular formula is C17H20BNO2. The van der Waals surface area contributed by atoms with Crippen molar-refractivity contribution in [2.45, 2.75) is 26.3 Å². The Morgan fingerprint density at radius 2 is 1.86 bits per heavy atom. The Balaban J connectivity index is 1.80. The highest BCUT2D eigenvalue weighted by Gasteiger charge is 2.17. The van der Waals surface area contributed by atoms with Crippen LogP contribution < -0.4 is 10.4 Å². The number of aryl methyl sites for hydroxylation is 2. The number of hydrogen-bond donors (Lipinski definition) is 2. The molecule has 1 heterocycles. The summed E-state index contributed by atoms with van der Waals surface area (Å²) in [6.45, 7) is 4.07. The molecule has 0 amide bonds. The van der Waals surface area contributed by atoms with E-state index in [1.807, 2.05) is 12.1 Å². The number of rotatable bonds is 3. The molecule has 0 unspecified atom stereocenters. The van der Waals surface area contributed by atoms with Crippen molar-refractivity contribution in [1.29, 1.82) is 0 Å². The highest BCUT2D eigenvalue weighted by molar-refractivity contribution is 6.58. The molecule has 3 rings (SSSR count). The largest absolute Gasteiger partial charge is 0.488 e. The lowest BCUT2D eigenvalue weighted by Crippen LogP contribution is -2.31. The molecule has 2 aromatic carbocycles.